The van der Waals surface area contributed by atoms with E-state index < -0.39 is 0 Å². The van der Waals surface area contributed by atoms with Crippen LogP contribution in [0.25, 0.3) is 61.2 Å². The predicted octanol–water partition coefficient (Wildman–Crippen LogP) is 14.6. The molecule has 0 aliphatic heterocycles. The number of allylic oxidation sites excluding steroid dienone is 1. The zero-order valence-electron chi connectivity index (χ0n) is 29.8. The Bertz CT molecular complexity index is 2780. The number of hydrogen-bond donors (Lipinski definition) is 0. The number of rotatable bonds is 7. The highest BCUT2D eigenvalue weighted by atomic mass is 16.3. The van der Waals surface area contributed by atoms with Crippen LogP contribution in [0.4, 0.5) is 17.1 Å². The van der Waals surface area contributed by atoms with Crippen LogP contribution in [0.2, 0.25) is 0 Å². The number of anilines is 3. The summed E-state index contributed by atoms with van der Waals surface area (Å²) in [6, 6.07) is 69.8. The number of furan rings is 1. The largest absolute Gasteiger partial charge is 0.460 e. The lowest BCUT2D eigenvalue weighted by Gasteiger charge is -2.32. The Morgan fingerprint density at radius 1 is 0.463 bits per heavy atom. The molecule has 54 heavy (non-hydrogen) atoms. The van der Waals surface area contributed by atoms with Crippen molar-refractivity contribution in [1.29, 1.82) is 0 Å². The van der Waals surface area contributed by atoms with Gasteiger partial charge in [-0.3, -0.25) is 0 Å². The minimum atomic E-state index is 0.0339. The molecule has 9 aromatic rings. The second-order valence-electron chi connectivity index (χ2n) is 14.0. The molecule has 0 N–H and O–H groups in total. The Balaban J connectivity index is 1.18. The Morgan fingerprint density at radius 3 is 1.76 bits per heavy atom. The minimum absolute atomic E-state index is 0.0339. The molecule has 0 fully saturated rings. The van der Waals surface area contributed by atoms with E-state index >= 15 is 0 Å². The molecule has 2 heteroatoms. The van der Waals surface area contributed by atoms with Crippen LogP contribution in [-0.2, 0) is 0 Å². The van der Waals surface area contributed by atoms with Crippen LogP contribution in [0, 0.1) is 0 Å². The normalized spacial score (nSPS) is 13.6. The number of fused-ring (bicyclic) bond motifs is 4. The number of benzene rings is 8. The summed E-state index contributed by atoms with van der Waals surface area (Å²) in [6.45, 7) is 0. The summed E-state index contributed by atoms with van der Waals surface area (Å²) in [7, 11) is 0. The first kappa shape index (κ1) is 31.8. The fourth-order valence-electron chi connectivity index (χ4n) is 8.17. The van der Waals surface area contributed by atoms with E-state index in [-0.39, 0.29) is 5.92 Å². The van der Waals surface area contributed by atoms with Crippen LogP contribution >= 0.6 is 0 Å². The van der Waals surface area contributed by atoms with Crippen molar-refractivity contribution >= 4 is 44.9 Å². The molecule has 1 aliphatic rings. The van der Waals surface area contributed by atoms with Gasteiger partial charge in [-0.2, -0.15) is 0 Å². The van der Waals surface area contributed by atoms with Gasteiger partial charge in [-0.1, -0.05) is 164 Å². The second kappa shape index (κ2) is 13.6. The summed E-state index contributed by atoms with van der Waals surface area (Å²) in [5.41, 5.74) is 13.8. The van der Waals surface area contributed by atoms with E-state index in [0.717, 1.165) is 34.8 Å². The third-order valence-corrected chi connectivity index (χ3v) is 10.8. The maximum absolute atomic E-state index is 6.86. The average Bonchev–Trinajstić information content (AvgIpc) is 3.62. The number of hydrogen-bond acceptors (Lipinski definition) is 2. The van der Waals surface area contributed by atoms with E-state index in [0.29, 0.717) is 0 Å². The maximum Gasteiger partial charge on any atom is 0.135 e. The van der Waals surface area contributed by atoms with Gasteiger partial charge >= 0.3 is 0 Å². The molecule has 1 atom stereocenters. The third kappa shape index (κ3) is 5.70. The monoisotopic (exact) mass is 691 g/mol. The summed E-state index contributed by atoms with van der Waals surface area (Å²) < 4.78 is 6.86. The number of para-hydroxylation sites is 1. The molecule has 1 unspecified atom stereocenters. The Labute approximate surface area is 315 Å². The lowest BCUT2D eigenvalue weighted by atomic mass is 9.85. The summed E-state index contributed by atoms with van der Waals surface area (Å²) in [5.74, 6) is 1.06. The SMILES string of the molecule is C1=Cc2c(oc3cc4ccccc4cc23)C(c2ccccc2N(c2ccc(-c3ccccc3)cc2)c2ccc(-c3ccccc3)cc2-c2ccccc2)C1. The Hall–Kier alpha value is -6.90. The zero-order valence-corrected chi connectivity index (χ0v) is 29.8. The molecular formula is C52H37NO. The lowest BCUT2D eigenvalue weighted by molar-refractivity contribution is 0.517. The van der Waals surface area contributed by atoms with Crippen molar-refractivity contribution in [1.82, 2.24) is 0 Å². The first-order valence-corrected chi connectivity index (χ1v) is 18.7. The van der Waals surface area contributed by atoms with Crippen molar-refractivity contribution < 1.29 is 4.42 Å². The summed E-state index contributed by atoms with van der Waals surface area (Å²) in [5, 5.41) is 3.58. The molecule has 1 aromatic heterocycles. The molecule has 2 nitrogen and oxygen atoms in total. The van der Waals surface area contributed by atoms with Crippen LogP contribution in [0.1, 0.15) is 29.2 Å². The fourth-order valence-corrected chi connectivity index (χ4v) is 8.17. The van der Waals surface area contributed by atoms with Crippen molar-refractivity contribution in [2.75, 3.05) is 4.90 Å². The van der Waals surface area contributed by atoms with E-state index in [9.17, 15) is 0 Å². The van der Waals surface area contributed by atoms with Crippen LogP contribution < -0.4 is 4.90 Å². The quantitative estimate of drug-likeness (QED) is 0.165. The summed E-state index contributed by atoms with van der Waals surface area (Å²) >= 11 is 0. The van der Waals surface area contributed by atoms with Crippen LogP contribution in [0.15, 0.2) is 205 Å². The van der Waals surface area contributed by atoms with Crippen molar-refractivity contribution in [3.8, 4) is 33.4 Å². The predicted molar refractivity (Wildman–Crippen MR) is 227 cm³/mol. The molecule has 0 saturated heterocycles. The van der Waals surface area contributed by atoms with E-state index in [4.69, 9.17) is 4.42 Å². The van der Waals surface area contributed by atoms with Gasteiger partial charge in [0.15, 0.2) is 0 Å². The van der Waals surface area contributed by atoms with E-state index in [1.54, 1.807) is 0 Å². The highest BCUT2D eigenvalue weighted by Crippen LogP contribution is 2.49. The van der Waals surface area contributed by atoms with Gasteiger partial charge in [-0.25, -0.2) is 0 Å². The Kier molecular flexibility index (Phi) is 8.00. The van der Waals surface area contributed by atoms with Crippen LogP contribution in [0.5, 0.6) is 0 Å². The van der Waals surface area contributed by atoms with Gasteiger partial charge in [-0.15, -0.1) is 0 Å². The molecule has 0 radical (unpaired) electrons. The molecular weight excluding hydrogens is 655 g/mol. The summed E-state index contributed by atoms with van der Waals surface area (Å²) in [4.78, 5) is 2.45. The standard InChI is InChI=1S/C52H37NO/c1-4-15-36(16-5-1)38-27-30-43(31-28-38)53(50-32-29-42(37-17-6-2-7-18-37)33-47(50)39-19-8-3-9-20-39)49-26-13-12-23-44(49)45-24-14-25-46-48-34-40-21-10-11-22-41(40)35-51(48)54-52(45)46/h1-23,25-35,45H,24H2. The minimum Gasteiger partial charge on any atom is -0.460 e. The zero-order chi connectivity index (χ0) is 35.8. The molecule has 8 aromatic carbocycles. The average molecular weight is 692 g/mol. The van der Waals surface area contributed by atoms with E-state index in [1.165, 1.54) is 60.7 Å². The molecule has 10 rings (SSSR count). The molecule has 0 saturated carbocycles. The smallest absolute Gasteiger partial charge is 0.135 e. The van der Waals surface area contributed by atoms with Gasteiger partial charge in [0.25, 0.3) is 0 Å². The first-order valence-electron chi connectivity index (χ1n) is 18.7. The highest BCUT2D eigenvalue weighted by Gasteiger charge is 2.30. The maximum atomic E-state index is 6.86. The van der Waals surface area contributed by atoms with Crippen LogP contribution in [-0.4, -0.2) is 0 Å². The second-order valence-corrected chi connectivity index (χ2v) is 14.0. The van der Waals surface area contributed by atoms with Gasteiger partial charge in [0, 0.05) is 28.1 Å². The van der Waals surface area contributed by atoms with Crippen molar-refractivity contribution in [3.05, 3.63) is 217 Å². The van der Waals surface area contributed by atoms with Crippen LogP contribution in [0.3, 0.4) is 0 Å². The first-order chi connectivity index (χ1) is 26.8. The van der Waals surface area contributed by atoms with E-state index in [1.807, 2.05) is 0 Å². The Morgan fingerprint density at radius 2 is 1.04 bits per heavy atom. The van der Waals surface area contributed by atoms with Gasteiger partial charge < -0.3 is 9.32 Å². The van der Waals surface area contributed by atoms with Crippen molar-refractivity contribution in [3.63, 3.8) is 0 Å². The molecule has 0 spiro atoms. The fraction of sp³-hybridized carbons (Fsp3) is 0.0385. The van der Waals surface area contributed by atoms with Crippen molar-refractivity contribution in [2.24, 2.45) is 0 Å². The topological polar surface area (TPSA) is 16.4 Å². The third-order valence-electron chi connectivity index (χ3n) is 10.8. The van der Waals surface area contributed by atoms with Gasteiger partial charge in [0.1, 0.15) is 11.3 Å². The van der Waals surface area contributed by atoms with Gasteiger partial charge in [0.2, 0.25) is 0 Å². The van der Waals surface area contributed by atoms with Crippen molar-refractivity contribution in [2.45, 2.75) is 12.3 Å². The molecule has 0 bridgehead atoms. The molecule has 1 heterocycles. The lowest BCUT2D eigenvalue weighted by Crippen LogP contribution is -2.16. The molecule has 256 valence electrons. The van der Waals surface area contributed by atoms with Gasteiger partial charge in [-0.05, 0) is 93.0 Å². The molecule has 0 amide bonds. The highest BCUT2D eigenvalue weighted by molar-refractivity contribution is 6.01. The van der Waals surface area contributed by atoms with E-state index in [2.05, 4.69) is 211 Å². The summed E-state index contributed by atoms with van der Waals surface area (Å²) in [6.07, 6.45) is 5.42. The molecule has 1 aliphatic carbocycles. The number of nitrogens with zero attached hydrogens (tertiary/aromatic N) is 1. The van der Waals surface area contributed by atoms with Gasteiger partial charge in [0.05, 0.1) is 11.4 Å².